The molecular weight excluding hydrogens is 464 g/mol. The van der Waals surface area contributed by atoms with Crippen molar-refractivity contribution in [2.45, 2.75) is 24.7 Å². The van der Waals surface area contributed by atoms with Crippen LogP contribution in [0.3, 0.4) is 0 Å². The van der Waals surface area contributed by atoms with Crippen LogP contribution in [-0.2, 0) is 4.79 Å². The number of aliphatic imine (C=N–C) groups is 1. The van der Waals surface area contributed by atoms with Crippen LogP contribution in [0.4, 0.5) is 5.69 Å². The van der Waals surface area contributed by atoms with E-state index in [1.165, 1.54) is 0 Å². The molecule has 0 fully saturated rings. The molecule has 1 aliphatic carbocycles. The third-order valence-corrected chi connectivity index (χ3v) is 7.55. The summed E-state index contributed by atoms with van der Waals surface area (Å²) in [5.41, 5.74) is 11.8. The Morgan fingerprint density at radius 2 is 1.73 bits per heavy atom. The molecule has 0 saturated carbocycles. The van der Waals surface area contributed by atoms with Crippen molar-refractivity contribution in [1.82, 2.24) is 0 Å². The Hall–Kier alpha value is -4.83. The van der Waals surface area contributed by atoms with Gasteiger partial charge in [0.1, 0.15) is 5.84 Å². The van der Waals surface area contributed by atoms with Gasteiger partial charge in [0.2, 0.25) is 6.79 Å². The summed E-state index contributed by atoms with van der Waals surface area (Å²) < 4.78 is 11.1. The average molecular weight is 487 g/mol. The van der Waals surface area contributed by atoms with E-state index < -0.39 is 5.92 Å². The molecule has 0 bridgehead atoms. The highest BCUT2D eigenvalue weighted by molar-refractivity contribution is 6.08. The lowest BCUT2D eigenvalue weighted by atomic mass is 9.71. The zero-order valence-electron chi connectivity index (χ0n) is 19.8. The fraction of sp³-hybridized carbons (Fsp3) is 0.167. The van der Waals surface area contributed by atoms with Crippen molar-refractivity contribution in [1.29, 1.82) is 5.26 Å². The maximum atomic E-state index is 14.0. The number of rotatable bonds is 2. The van der Waals surface area contributed by atoms with Gasteiger partial charge in [-0.1, -0.05) is 48.5 Å². The van der Waals surface area contributed by atoms with Gasteiger partial charge in [0.15, 0.2) is 23.1 Å². The molecule has 0 spiro atoms. The SMILES string of the molecule is N#CC1=C2N=C(N)c3ccccc3N2C2=C(C(=O)C[C@H](c3ccccc3)C2)C1c1ccc2c(c1)OCO2. The summed E-state index contributed by atoms with van der Waals surface area (Å²) in [6, 6.07) is 25.8. The van der Waals surface area contributed by atoms with Crippen molar-refractivity contribution < 1.29 is 14.3 Å². The van der Waals surface area contributed by atoms with Gasteiger partial charge in [-0.15, -0.1) is 0 Å². The minimum atomic E-state index is -0.577. The van der Waals surface area contributed by atoms with Crippen LogP contribution in [0, 0.1) is 11.3 Å². The Labute approximate surface area is 213 Å². The fourth-order valence-corrected chi connectivity index (χ4v) is 5.90. The molecule has 7 nitrogen and oxygen atoms in total. The zero-order valence-corrected chi connectivity index (χ0v) is 19.8. The first kappa shape index (κ1) is 21.5. The number of benzene rings is 3. The van der Waals surface area contributed by atoms with Crippen molar-refractivity contribution >= 4 is 17.3 Å². The van der Waals surface area contributed by atoms with E-state index >= 15 is 0 Å². The molecule has 3 aliphatic heterocycles. The molecule has 7 heteroatoms. The van der Waals surface area contributed by atoms with Gasteiger partial charge in [0, 0.05) is 23.3 Å². The smallest absolute Gasteiger partial charge is 0.231 e. The van der Waals surface area contributed by atoms with Gasteiger partial charge in [-0.2, -0.15) is 5.26 Å². The second-order valence-corrected chi connectivity index (χ2v) is 9.54. The normalized spacial score (nSPS) is 21.6. The Morgan fingerprint density at radius 1 is 0.946 bits per heavy atom. The van der Waals surface area contributed by atoms with Crippen molar-refractivity contribution in [3.05, 3.63) is 112 Å². The number of amidine groups is 1. The van der Waals surface area contributed by atoms with Gasteiger partial charge >= 0.3 is 0 Å². The number of fused-ring (bicyclic) bond motifs is 5. The molecule has 3 aromatic carbocycles. The lowest BCUT2D eigenvalue weighted by Gasteiger charge is -2.43. The van der Waals surface area contributed by atoms with Crippen molar-refractivity contribution in [2.75, 3.05) is 11.7 Å². The second kappa shape index (κ2) is 8.10. The molecule has 0 saturated heterocycles. The predicted octanol–water partition coefficient (Wildman–Crippen LogP) is 4.87. The Kier molecular flexibility index (Phi) is 4.70. The quantitative estimate of drug-likeness (QED) is 0.554. The molecule has 0 amide bonds. The van der Waals surface area contributed by atoms with Gasteiger partial charge in [-0.25, -0.2) is 4.99 Å². The third kappa shape index (κ3) is 3.19. The molecule has 180 valence electrons. The van der Waals surface area contributed by atoms with Gasteiger partial charge < -0.3 is 15.2 Å². The fourth-order valence-electron chi connectivity index (χ4n) is 5.90. The number of nitrogens with two attached hydrogens (primary N) is 1. The van der Waals surface area contributed by atoms with Gasteiger partial charge in [0.25, 0.3) is 0 Å². The molecule has 0 radical (unpaired) electrons. The summed E-state index contributed by atoms with van der Waals surface area (Å²) >= 11 is 0. The van der Waals surface area contributed by atoms with Crippen molar-refractivity contribution in [3.8, 4) is 17.6 Å². The van der Waals surface area contributed by atoms with Crippen LogP contribution < -0.4 is 20.1 Å². The first-order chi connectivity index (χ1) is 18.1. The summed E-state index contributed by atoms with van der Waals surface area (Å²) in [6.07, 6.45) is 1.01. The number of hydrogen-bond acceptors (Lipinski definition) is 7. The van der Waals surface area contributed by atoms with E-state index in [2.05, 4.69) is 18.2 Å². The monoisotopic (exact) mass is 486 g/mol. The lowest BCUT2D eigenvalue weighted by molar-refractivity contribution is -0.116. The summed E-state index contributed by atoms with van der Waals surface area (Å²) in [4.78, 5) is 20.7. The number of carbonyl (C=O) groups is 1. The Bertz CT molecular complexity index is 1610. The third-order valence-electron chi connectivity index (χ3n) is 7.55. The minimum absolute atomic E-state index is 0.0187. The van der Waals surface area contributed by atoms with Crippen LogP contribution in [0.25, 0.3) is 0 Å². The van der Waals surface area contributed by atoms with Crippen LogP contribution in [0.5, 0.6) is 11.5 Å². The summed E-state index contributed by atoms with van der Waals surface area (Å²) in [6.45, 7) is 0.146. The maximum Gasteiger partial charge on any atom is 0.231 e. The molecule has 4 aliphatic rings. The van der Waals surface area contributed by atoms with Crippen LogP contribution >= 0.6 is 0 Å². The number of anilines is 1. The number of nitrogens with zero attached hydrogens (tertiary/aromatic N) is 3. The molecule has 0 aromatic heterocycles. The average Bonchev–Trinajstić information content (AvgIpc) is 3.41. The molecule has 3 aromatic rings. The van der Waals surface area contributed by atoms with Gasteiger partial charge in [-0.3, -0.25) is 9.69 Å². The summed E-state index contributed by atoms with van der Waals surface area (Å²) in [5, 5.41) is 10.5. The number of nitriles is 1. The van der Waals surface area contributed by atoms with Crippen LogP contribution in [-0.4, -0.2) is 18.4 Å². The standard InChI is InChI=1S/C30H22N4O3/c31-15-21-27(18-10-11-25-26(14-18)37-16-36-25)28-23(12-19(13-24(28)35)17-6-2-1-3-7-17)34-22-9-5-4-8-20(22)29(32)33-30(21)34/h1-11,14,19,27H,12-13,16H2,(H2,32,33)/t19-,27?/m1/s1. The van der Waals surface area contributed by atoms with E-state index in [0.29, 0.717) is 47.1 Å². The maximum absolute atomic E-state index is 14.0. The number of hydrogen-bond donors (Lipinski definition) is 1. The molecule has 1 unspecified atom stereocenters. The highest BCUT2D eigenvalue weighted by Crippen LogP contribution is 2.52. The lowest BCUT2D eigenvalue weighted by Crippen LogP contribution is -2.40. The van der Waals surface area contributed by atoms with Gasteiger partial charge in [-0.05, 0) is 47.7 Å². The molecule has 3 heterocycles. The highest BCUT2D eigenvalue weighted by atomic mass is 16.7. The number of para-hydroxylation sites is 1. The first-order valence-electron chi connectivity index (χ1n) is 12.2. The minimum Gasteiger partial charge on any atom is -0.454 e. The van der Waals surface area contributed by atoms with E-state index in [1.807, 2.05) is 65.6 Å². The number of ketones is 1. The van der Waals surface area contributed by atoms with Crippen molar-refractivity contribution in [2.24, 2.45) is 10.7 Å². The molecule has 37 heavy (non-hydrogen) atoms. The second-order valence-electron chi connectivity index (χ2n) is 9.54. The van der Waals surface area contributed by atoms with E-state index in [4.69, 9.17) is 20.2 Å². The molecular formula is C30H22N4O3. The summed E-state index contributed by atoms with van der Waals surface area (Å²) in [7, 11) is 0. The van der Waals surface area contributed by atoms with E-state index in [0.717, 1.165) is 28.1 Å². The number of allylic oxidation sites excluding steroid dienone is 3. The number of Topliss-reactive ketones (excluding diaryl/α,β-unsaturated/α-hetero) is 1. The molecule has 7 rings (SSSR count). The van der Waals surface area contributed by atoms with Crippen molar-refractivity contribution in [3.63, 3.8) is 0 Å². The van der Waals surface area contributed by atoms with E-state index in [-0.39, 0.29) is 18.5 Å². The molecule has 2 atom stereocenters. The predicted molar refractivity (Wildman–Crippen MR) is 138 cm³/mol. The van der Waals surface area contributed by atoms with Crippen LogP contribution in [0.15, 0.2) is 100 Å². The topological polar surface area (TPSA) is 101 Å². The highest BCUT2D eigenvalue weighted by Gasteiger charge is 2.45. The number of ether oxygens (including phenoxy) is 2. The van der Waals surface area contributed by atoms with E-state index in [9.17, 15) is 10.1 Å². The van der Waals surface area contributed by atoms with E-state index in [1.54, 1.807) is 0 Å². The summed E-state index contributed by atoms with van der Waals surface area (Å²) in [5.74, 6) is 1.55. The van der Waals surface area contributed by atoms with Gasteiger partial charge in [0.05, 0.1) is 23.2 Å². The number of carbonyl (C=O) groups excluding carboxylic acids is 1. The Balaban J connectivity index is 1.48. The van der Waals surface area contributed by atoms with Crippen LogP contribution in [0.2, 0.25) is 0 Å². The zero-order chi connectivity index (χ0) is 25.1. The van der Waals surface area contributed by atoms with Crippen LogP contribution in [0.1, 0.15) is 41.4 Å². The first-order valence-corrected chi connectivity index (χ1v) is 12.2. The molecule has 2 N–H and O–H groups in total. The Morgan fingerprint density at radius 3 is 2.57 bits per heavy atom. The largest absolute Gasteiger partial charge is 0.454 e.